The van der Waals surface area contributed by atoms with Crippen LogP contribution >= 0.6 is 0 Å². The molecule has 0 aromatic heterocycles. The number of allylic oxidation sites excluding steroid dienone is 1. The van der Waals surface area contributed by atoms with Crippen LogP contribution in [0.5, 0.6) is 0 Å². The van der Waals surface area contributed by atoms with Gasteiger partial charge in [-0.3, -0.25) is 0 Å². The molecule has 0 bridgehead atoms. The lowest BCUT2D eigenvalue weighted by Crippen LogP contribution is -1.96. The second-order valence-electron chi connectivity index (χ2n) is 4.15. The third kappa shape index (κ3) is 2.23. The molecule has 0 spiro atoms. The van der Waals surface area contributed by atoms with Crippen molar-refractivity contribution in [3.8, 4) is 11.1 Å². The Morgan fingerprint density at radius 2 is 1.25 bits per heavy atom. The summed E-state index contributed by atoms with van der Waals surface area (Å²) in [6.45, 7) is 10.0. The summed E-state index contributed by atoms with van der Waals surface area (Å²) in [7, 11) is 0. The Kier molecular flexibility index (Phi) is 2.37. The first kappa shape index (κ1) is 9.05. The average molecular weight is 160 g/mol. The molecule has 0 N–H and O–H groups in total. The van der Waals surface area contributed by atoms with E-state index < -0.39 is 0 Å². The van der Waals surface area contributed by atoms with E-state index in [1.807, 2.05) is 6.08 Å². The van der Waals surface area contributed by atoms with E-state index in [2.05, 4.69) is 51.6 Å². The summed E-state index contributed by atoms with van der Waals surface area (Å²) in [5.41, 5.74) is 3.16. The molecule has 0 fully saturated rings. The minimum absolute atomic E-state index is 0.306. The Morgan fingerprint density at radius 1 is 1.00 bits per heavy atom. The summed E-state index contributed by atoms with van der Waals surface area (Å²) >= 11 is 0. The van der Waals surface area contributed by atoms with Crippen molar-refractivity contribution in [1.82, 2.24) is 0 Å². The number of hydrogen-bond donors (Lipinski definition) is 0. The molecule has 0 saturated carbocycles. The zero-order valence-electron chi connectivity index (χ0n) is 8.09. The highest BCUT2D eigenvalue weighted by atomic mass is 14.1. The van der Waals surface area contributed by atoms with Crippen LogP contribution in [0, 0.1) is 5.41 Å². The van der Waals surface area contributed by atoms with E-state index in [0.29, 0.717) is 5.41 Å². The largest absolute Gasteiger partial charge is 0.103 e. The van der Waals surface area contributed by atoms with Crippen LogP contribution in [0.1, 0.15) is 20.8 Å². The molecule has 0 aromatic carbocycles. The van der Waals surface area contributed by atoms with Gasteiger partial charge in [0.2, 0.25) is 0 Å². The second kappa shape index (κ2) is 3.14. The molecular formula is C12H16. The monoisotopic (exact) mass is 160 g/mol. The minimum Gasteiger partial charge on any atom is -0.103 e. The fraction of sp³-hybridized carbons (Fsp3) is 0.333. The van der Waals surface area contributed by atoms with Gasteiger partial charge in [0.25, 0.3) is 0 Å². The number of hydrogen-bond acceptors (Lipinski definition) is 0. The average Bonchev–Trinajstić information content (AvgIpc) is 1.96. The fourth-order valence-electron chi connectivity index (χ4n) is 0.663. The van der Waals surface area contributed by atoms with E-state index in [1.165, 1.54) is 11.1 Å². The molecule has 0 heteroatoms. The molecule has 0 heterocycles. The van der Waals surface area contributed by atoms with Gasteiger partial charge < -0.3 is 0 Å². The van der Waals surface area contributed by atoms with Crippen LogP contribution in [0.3, 0.4) is 0 Å². The Morgan fingerprint density at radius 3 is 1.25 bits per heavy atom. The van der Waals surface area contributed by atoms with E-state index in [-0.39, 0.29) is 0 Å². The van der Waals surface area contributed by atoms with Crippen molar-refractivity contribution in [3.05, 3.63) is 36.9 Å². The first-order chi connectivity index (χ1) is 5.53. The van der Waals surface area contributed by atoms with Gasteiger partial charge in [0.05, 0.1) is 0 Å². The summed E-state index contributed by atoms with van der Waals surface area (Å²) in [6, 6.07) is 8.48. The number of benzene rings is 1. The van der Waals surface area contributed by atoms with E-state index >= 15 is 0 Å². The molecule has 0 aromatic rings. The fourth-order valence-corrected chi connectivity index (χ4v) is 0.663. The van der Waals surface area contributed by atoms with E-state index in [4.69, 9.17) is 0 Å². The highest BCUT2D eigenvalue weighted by molar-refractivity contribution is 5.75. The smallest absolute Gasteiger partial charge is 0.0184 e. The molecule has 2 rings (SSSR count). The van der Waals surface area contributed by atoms with Crippen molar-refractivity contribution < 1.29 is 0 Å². The molecule has 0 amide bonds. The summed E-state index contributed by atoms with van der Waals surface area (Å²) in [5, 5.41) is 0. The van der Waals surface area contributed by atoms with Crippen molar-refractivity contribution in [2.75, 3.05) is 0 Å². The van der Waals surface area contributed by atoms with Crippen LogP contribution in [0.2, 0.25) is 0 Å². The SMILES string of the molecule is C=CC(C)(C)C.c1cc2ccc1-2. The molecule has 64 valence electrons. The predicted molar refractivity (Wildman–Crippen MR) is 55.1 cm³/mol. The third-order valence-corrected chi connectivity index (χ3v) is 1.83. The minimum atomic E-state index is 0.306. The lowest BCUT2D eigenvalue weighted by Gasteiger charge is -2.10. The third-order valence-electron chi connectivity index (χ3n) is 1.83. The molecule has 2 aliphatic rings. The van der Waals surface area contributed by atoms with E-state index in [9.17, 15) is 0 Å². The standard InChI is InChI=1S/C6H4.C6H12/c1-2-6-4-3-5(1)6;1-5-6(2,3)4/h1-4H;5H,1H2,2-4H3. The van der Waals surface area contributed by atoms with E-state index in [0.717, 1.165) is 0 Å². The number of rotatable bonds is 0. The van der Waals surface area contributed by atoms with E-state index in [1.54, 1.807) is 0 Å². The topological polar surface area (TPSA) is 0 Å². The molecular weight excluding hydrogens is 144 g/mol. The maximum atomic E-state index is 3.63. The van der Waals surface area contributed by atoms with Crippen molar-refractivity contribution in [2.24, 2.45) is 5.41 Å². The maximum absolute atomic E-state index is 3.63. The van der Waals surface area contributed by atoms with Gasteiger partial charge in [0.15, 0.2) is 0 Å². The van der Waals surface area contributed by atoms with Gasteiger partial charge in [0.1, 0.15) is 0 Å². The molecule has 0 radical (unpaired) electrons. The van der Waals surface area contributed by atoms with Crippen LogP contribution in [0.4, 0.5) is 0 Å². The highest BCUT2D eigenvalue weighted by Crippen LogP contribution is 2.29. The van der Waals surface area contributed by atoms with Crippen molar-refractivity contribution >= 4 is 0 Å². The molecule has 0 aliphatic heterocycles. The van der Waals surface area contributed by atoms with Gasteiger partial charge in [-0.2, -0.15) is 0 Å². The van der Waals surface area contributed by atoms with Gasteiger partial charge in [-0.1, -0.05) is 51.1 Å². The molecule has 12 heavy (non-hydrogen) atoms. The number of fused-ring (bicyclic) bond motifs is 1. The summed E-state index contributed by atoms with van der Waals surface area (Å²) in [5.74, 6) is 0. The van der Waals surface area contributed by atoms with Crippen LogP contribution in [0.25, 0.3) is 11.1 Å². The van der Waals surface area contributed by atoms with Crippen LogP contribution in [-0.4, -0.2) is 0 Å². The Labute approximate surface area is 74.9 Å². The van der Waals surface area contributed by atoms with Crippen molar-refractivity contribution in [2.45, 2.75) is 20.8 Å². The first-order valence-corrected chi connectivity index (χ1v) is 4.27. The summed E-state index contributed by atoms with van der Waals surface area (Å²) in [4.78, 5) is 0. The molecule has 0 nitrogen and oxygen atoms in total. The lowest BCUT2D eigenvalue weighted by atomic mass is 9.95. The molecule has 0 unspecified atom stereocenters. The van der Waals surface area contributed by atoms with Gasteiger partial charge in [-0.25, -0.2) is 0 Å². The van der Waals surface area contributed by atoms with Crippen molar-refractivity contribution in [1.29, 1.82) is 0 Å². The van der Waals surface area contributed by atoms with Crippen molar-refractivity contribution in [3.63, 3.8) is 0 Å². The Balaban J connectivity index is 0.000000120. The summed E-state index contributed by atoms with van der Waals surface area (Å²) < 4.78 is 0. The Hall–Kier alpha value is -1.04. The maximum Gasteiger partial charge on any atom is -0.0184 e. The van der Waals surface area contributed by atoms with Gasteiger partial charge in [-0.15, -0.1) is 6.58 Å². The molecule has 0 saturated heterocycles. The van der Waals surface area contributed by atoms with Crippen LogP contribution in [-0.2, 0) is 0 Å². The normalized spacial score (nSPS) is 11.2. The Bertz CT molecular complexity index is 238. The zero-order chi connectivity index (χ0) is 9.19. The first-order valence-electron chi connectivity index (χ1n) is 4.27. The second-order valence-corrected chi connectivity index (χ2v) is 4.15. The lowest BCUT2D eigenvalue weighted by molar-refractivity contribution is 0.546. The zero-order valence-corrected chi connectivity index (χ0v) is 8.09. The summed E-state index contributed by atoms with van der Waals surface area (Å²) in [6.07, 6.45) is 1.94. The quantitative estimate of drug-likeness (QED) is 0.513. The molecule has 2 aliphatic carbocycles. The predicted octanol–water partition coefficient (Wildman–Crippen LogP) is 3.89. The highest BCUT2D eigenvalue weighted by Gasteiger charge is 2.04. The van der Waals surface area contributed by atoms with Gasteiger partial charge >= 0.3 is 0 Å². The molecule has 0 atom stereocenters. The van der Waals surface area contributed by atoms with Crippen LogP contribution < -0.4 is 0 Å². The van der Waals surface area contributed by atoms with Gasteiger partial charge in [0, 0.05) is 0 Å². The van der Waals surface area contributed by atoms with Crippen LogP contribution in [0.15, 0.2) is 36.9 Å². The van der Waals surface area contributed by atoms with Gasteiger partial charge in [-0.05, 0) is 16.5 Å².